The van der Waals surface area contributed by atoms with E-state index < -0.39 is 0 Å². The SMILES string of the molecule is C[C@H]1c2cc(F)ccc2CCN1C(=O)NCc1csc(N2CCOCC2)n1. The first-order valence-corrected chi connectivity index (χ1v) is 10.1. The monoisotopic (exact) mass is 390 g/mol. The van der Waals surface area contributed by atoms with Crippen LogP contribution in [0, 0.1) is 5.82 Å². The molecular formula is C19H23FN4O2S. The number of anilines is 1. The van der Waals surface area contributed by atoms with Crippen molar-refractivity contribution in [1.82, 2.24) is 15.2 Å². The maximum Gasteiger partial charge on any atom is 0.318 e. The van der Waals surface area contributed by atoms with Crippen LogP contribution in [0.25, 0.3) is 0 Å². The molecule has 0 aliphatic carbocycles. The number of carbonyl (C=O) groups is 1. The average Bonchev–Trinajstić information content (AvgIpc) is 3.17. The summed E-state index contributed by atoms with van der Waals surface area (Å²) >= 11 is 1.59. The molecule has 3 heterocycles. The summed E-state index contributed by atoms with van der Waals surface area (Å²) < 4.78 is 18.9. The molecule has 2 aromatic rings. The van der Waals surface area contributed by atoms with Crippen molar-refractivity contribution < 1.29 is 13.9 Å². The number of nitrogens with zero attached hydrogens (tertiary/aromatic N) is 3. The second-order valence-corrected chi connectivity index (χ2v) is 7.68. The molecule has 0 radical (unpaired) electrons. The molecule has 4 rings (SSSR count). The number of benzene rings is 1. The van der Waals surface area contributed by atoms with E-state index >= 15 is 0 Å². The lowest BCUT2D eigenvalue weighted by atomic mass is 9.94. The van der Waals surface area contributed by atoms with Crippen molar-refractivity contribution >= 4 is 22.5 Å². The summed E-state index contributed by atoms with van der Waals surface area (Å²) in [6.45, 7) is 6.10. The van der Waals surface area contributed by atoms with E-state index in [0.29, 0.717) is 13.1 Å². The van der Waals surface area contributed by atoms with Gasteiger partial charge >= 0.3 is 6.03 Å². The minimum atomic E-state index is -0.263. The van der Waals surface area contributed by atoms with Gasteiger partial charge in [0.1, 0.15) is 5.82 Å². The molecule has 1 aromatic heterocycles. The van der Waals surface area contributed by atoms with Crippen molar-refractivity contribution in [2.45, 2.75) is 25.9 Å². The number of amides is 2. The Hall–Kier alpha value is -2.19. The smallest absolute Gasteiger partial charge is 0.318 e. The van der Waals surface area contributed by atoms with Crippen LogP contribution in [0.4, 0.5) is 14.3 Å². The van der Waals surface area contributed by atoms with Crippen LogP contribution in [0.3, 0.4) is 0 Å². The molecule has 1 N–H and O–H groups in total. The third kappa shape index (κ3) is 3.91. The summed E-state index contributed by atoms with van der Waals surface area (Å²) in [5, 5.41) is 5.91. The van der Waals surface area contributed by atoms with Crippen LogP contribution in [-0.2, 0) is 17.7 Å². The Morgan fingerprint density at radius 1 is 1.37 bits per heavy atom. The standard InChI is InChI=1S/C19H23FN4O2S/c1-13-17-10-15(20)3-2-14(17)4-5-24(13)18(25)21-11-16-12-27-19(22-16)23-6-8-26-9-7-23/h2-3,10,12-13H,4-9,11H2,1H3,(H,21,25)/t13-/m0/s1. The van der Waals surface area contributed by atoms with E-state index in [1.54, 1.807) is 16.2 Å². The van der Waals surface area contributed by atoms with E-state index in [1.807, 2.05) is 18.4 Å². The topological polar surface area (TPSA) is 57.7 Å². The minimum absolute atomic E-state index is 0.140. The fourth-order valence-electron chi connectivity index (χ4n) is 3.61. The summed E-state index contributed by atoms with van der Waals surface area (Å²) in [6, 6.07) is 4.55. The van der Waals surface area contributed by atoms with Gasteiger partial charge in [-0.15, -0.1) is 11.3 Å². The van der Waals surface area contributed by atoms with Crippen molar-refractivity contribution in [2.75, 3.05) is 37.7 Å². The lowest BCUT2D eigenvalue weighted by Gasteiger charge is -2.35. The highest BCUT2D eigenvalue weighted by atomic mass is 32.1. The normalized spacial score (nSPS) is 19.7. The van der Waals surface area contributed by atoms with Crippen LogP contribution in [0.2, 0.25) is 0 Å². The van der Waals surface area contributed by atoms with Crippen LogP contribution < -0.4 is 10.2 Å². The zero-order valence-corrected chi connectivity index (χ0v) is 16.1. The Morgan fingerprint density at radius 2 is 2.19 bits per heavy atom. The van der Waals surface area contributed by atoms with Crippen LogP contribution >= 0.6 is 11.3 Å². The first kappa shape index (κ1) is 18.2. The molecule has 0 unspecified atom stereocenters. The number of urea groups is 1. The Bertz CT molecular complexity index is 822. The number of morpholine rings is 1. The Morgan fingerprint density at radius 3 is 3.00 bits per heavy atom. The molecule has 1 fully saturated rings. The number of nitrogens with one attached hydrogen (secondary N) is 1. The van der Waals surface area contributed by atoms with Gasteiger partial charge in [0.25, 0.3) is 0 Å². The molecule has 2 aliphatic rings. The average molecular weight is 390 g/mol. The third-order valence-corrected chi connectivity index (χ3v) is 6.10. The van der Waals surface area contributed by atoms with E-state index in [-0.39, 0.29) is 17.9 Å². The van der Waals surface area contributed by atoms with Gasteiger partial charge in [-0.25, -0.2) is 14.2 Å². The molecule has 27 heavy (non-hydrogen) atoms. The molecule has 8 heteroatoms. The summed E-state index contributed by atoms with van der Waals surface area (Å²) in [7, 11) is 0. The number of hydrogen-bond acceptors (Lipinski definition) is 5. The van der Waals surface area contributed by atoms with Gasteiger partial charge in [0.2, 0.25) is 0 Å². The first-order chi connectivity index (χ1) is 13.1. The van der Waals surface area contributed by atoms with Crippen LogP contribution in [-0.4, -0.2) is 48.8 Å². The first-order valence-electron chi connectivity index (χ1n) is 9.21. The minimum Gasteiger partial charge on any atom is -0.378 e. The molecule has 2 aliphatic heterocycles. The fraction of sp³-hybridized carbons (Fsp3) is 0.474. The van der Waals surface area contributed by atoms with Gasteiger partial charge in [0.05, 0.1) is 31.5 Å². The van der Waals surface area contributed by atoms with E-state index in [0.717, 1.165) is 54.7 Å². The quantitative estimate of drug-likeness (QED) is 0.876. The second kappa shape index (κ2) is 7.82. The van der Waals surface area contributed by atoms with Gasteiger partial charge in [0.15, 0.2) is 5.13 Å². The van der Waals surface area contributed by atoms with Gasteiger partial charge < -0.3 is 19.9 Å². The van der Waals surface area contributed by atoms with Gasteiger partial charge in [-0.2, -0.15) is 0 Å². The fourth-order valence-corrected chi connectivity index (χ4v) is 4.49. The number of carbonyl (C=O) groups excluding carboxylic acids is 1. The zero-order chi connectivity index (χ0) is 18.8. The highest BCUT2D eigenvalue weighted by Crippen LogP contribution is 2.30. The Kier molecular flexibility index (Phi) is 5.27. The van der Waals surface area contributed by atoms with E-state index in [4.69, 9.17) is 4.74 Å². The second-order valence-electron chi connectivity index (χ2n) is 6.84. The Labute approximate surface area is 161 Å². The van der Waals surface area contributed by atoms with Gasteiger partial charge in [-0.1, -0.05) is 6.07 Å². The number of fused-ring (bicyclic) bond motifs is 1. The lowest BCUT2D eigenvalue weighted by molar-refractivity contribution is 0.122. The number of thiazole rings is 1. The third-order valence-electron chi connectivity index (χ3n) is 5.15. The van der Waals surface area contributed by atoms with Crippen molar-refractivity contribution in [3.8, 4) is 0 Å². The van der Waals surface area contributed by atoms with Gasteiger partial charge in [0, 0.05) is 25.0 Å². The number of ether oxygens (including phenoxy) is 1. The summed E-state index contributed by atoms with van der Waals surface area (Å²) in [5.74, 6) is -0.263. The van der Waals surface area contributed by atoms with Gasteiger partial charge in [-0.3, -0.25) is 0 Å². The highest BCUT2D eigenvalue weighted by Gasteiger charge is 2.28. The van der Waals surface area contributed by atoms with E-state index in [1.165, 1.54) is 12.1 Å². The van der Waals surface area contributed by atoms with Crippen molar-refractivity contribution in [1.29, 1.82) is 0 Å². The molecule has 2 amide bonds. The largest absolute Gasteiger partial charge is 0.378 e. The molecule has 144 valence electrons. The zero-order valence-electron chi connectivity index (χ0n) is 15.3. The molecule has 1 saturated heterocycles. The highest BCUT2D eigenvalue weighted by molar-refractivity contribution is 7.13. The van der Waals surface area contributed by atoms with Crippen LogP contribution in [0.15, 0.2) is 23.6 Å². The summed E-state index contributed by atoms with van der Waals surface area (Å²) in [5.41, 5.74) is 2.85. The Balaban J connectivity index is 1.36. The van der Waals surface area contributed by atoms with Crippen molar-refractivity contribution in [3.63, 3.8) is 0 Å². The van der Waals surface area contributed by atoms with E-state index in [2.05, 4.69) is 15.2 Å². The number of aromatic nitrogens is 1. The number of hydrogen-bond donors (Lipinski definition) is 1. The lowest BCUT2D eigenvalue weighted by Crippen LogP contribution is -2.44. The maximum atomic E-state index is 13.6. The summed E-state index contributed by atoms with van der Waals surface area (Å²) in [4.78, 5) is 21.2. The summed E-state index contributed by atoms with van der Waals surface area (Å²) in [6.07, 6.45) is 0.741. The molecule has 0 spiro atoms. The van der Waals surface area contributed by atoms with Gasteiger partial charge in [-0.05, 0) is 36.6 Å². The van der Waals surface area contributed by atoms with E-state index in [9.17, 15) is 9.18 Å². The van der Waals surface area contributed by atoms with Crippen molar-refractivity contribution in [2.24, 2.45) is 0 Å². The molecule has 1 aromatic carbocycles. The molecule has 6 nitrogen and oxygen atoms in total. The molecular weight excluding hydrogens is 367 g/mol. The predicted molar refractivity (Wildman–Crippen MR) is 103 cm³/mol. The molecule has 0 bridgehead atoms. The number of rotatable bonds is 3. The predicted octanol–water partition coefficient (Wildman–Crippen LogP) is 2.95. The molecule has 0 saturated carbocycles. The van der Waals surface area contributed by atoms with Crippen LogP contribution in [0.5, 0.6) is 0 Å². The van der Waals surface area contributed by atoms with Crippen LogP contribution in [0.1, 0.15) is 29.8 Å². The molecule has 1 atom stereocenters. The van der Waals surface area contributed by atoms with Crippen molar-refractivity contribution in [3.05, 3.63) is 46.2 Å². The number of halogens is 1. The maximum absolute atomic E-state index is 13.6.